The van der Waals surface area contributed by atoms with Crippen LogP contribution in [0.25, 0.3) is 11.0 Å². The zero-order valence-electron chi connectivity index (χ0n) is 6.50. The van der Waals surface area contributed by atoms with Gasteiger partial charge >= 0.3 is 0 Å². The summed E-state index contributed by atoms with van der Waals surface area (Å²) in [4.78, 5) is 0. The maximum atomic E-state index is 5.28. The van der Waals surface area contributed by atoms with Crippen molar-refractivity contribution in [1.82, 2.24) is 5.16 Å². The van der Waals surface area contributed by atoms with E-state index in [4.69, 9.17) is 8.94 Å². The van der Waals surface area contributed by atoms with Gasteiger partial charge in [-0.3, -0.25) is 0 Å². The highest BCUT2D eigenvalue weighted by molar-refractivity contribution is 5.77. The Balaban J connectivity index is 2.68. The van der Waals surface area contributed by atoms with Crippen molar-refractivity contribution < 1.29 is 8.94 Å². The lowest BCUT2D eigenvalue weighted by Gasteiger charge is -1.95. The van der Waals surface area contributed by atoms with Gasteiger partial charge in [0, 0.05) is 5.92 Å². The predicted molar refractivity (Wildman–Crippen MR) is 40.4 cm³/mol. The molecule has 2 rings (SSSR count). The van der Waals surface area contributed by atoms with Crippen LogP contribution < -0.4 is 0 Å². The second-order valence-electron chi connectivity index (χ2n) is 2.86. The highest BCUT2D eigenvalue weighted by atomic mass is 16.5. The van der Waals surface area contributed by atoms with Gasteiger partial charge in [-0.15, -0.1) is 0 Å². The van der Waals surface area contributed by atoms with E-state index in [1.54, 1.807) is 12.5 Å². The molecule has 2 aromatic rings. The summed E-state index contributed by atoms with van der Waals surface area (Å²) in [5.74, 6) is 1.22. The first-order valence-corrected chi connectivity index (χ1v) is 3.61. The molecule has 0 spiro atoms. The molecule has 11 heavy (non-hydrogen) atoms. The van der Waals surface area contributed by atoms with Gasteiger partial charge in [-0.25, -0.2) is 0 Å². The number of rotatable bonds is 1. The molecule has 0 aliphatic rings. The van der Waals surface area contributed by atoms with E-state index in [1.165, 1.54) is 0 Å². The van der Waals surface area contributed by atoms with Crippen molar-refractivity contribution >= 4 is 11.0 Å². The van der Waals surface area contributed by atoms with Crippen LogP contribution in [0.15, 0.2) is 21.4 Å². The Morgan fingerprint density at radius 1 is 1.45 bits per heavy atom. The molecule has 0 bridgehead atoms. The van der Waals surface area contributed by atoms with E-state index < -0.39 is 0 Å². The maximum Gasteiger partial charge on any atom is 0.208 e. The highest BCUT2D eigenvalue weighted by Crippen LogP contribution is 2.26. The van der Waals surface area contributed by atoms with Gasteiger partial charge in [0.05, 0.1) is 11.6 Å². The molecule has 0 N–H and O–H groups in total. The monoisotopic (exact) mass is 151 g/mol. The summed E-state index contributed by atoms with van der Waals surface area (Å²) in [6, 6.07) is 0. The van der Waals surface area contributed by atoms with Crippen LogP contribution in [0.3, 0.4) is 0 Å². The molecular weight excluding hydrogens is 142 g/mol. The van der Waals surface area contributed by atoms with Crippen molar-refractivity contribution in [3.05, 3.63) is 18.2 Å². The van der Waals surface area contributed by atoms with Crippen molar-refractivity contribution in [2.75, 3.05) is 0 Å². The Bertz CT molecular complexity index is 359. The lowest BCUT2D eigenvalue weighted by Crippen LogP contribution is -1.81. The van der Waals surface area contributed by atoms with Crippen LogP contribution in [-0.2, 0) is 0 Å². The average Bonchev–Trinajstić information content (AvgIpc) is 2.41. The first kappa shape index (κ1) is 6.46. The van der Waals surface area contributed by atoms with Gasteiger partial charge < -0.3 is 8.94 Å². The van der Waals surface area contributed by atoms with Crippen LogP contribution in [0.2, 0.25) is 0 Å². The normalized spacial score (nSPS) is 11.5. The molecule has 2 aromatic heterocycles. The van der Waals surface area contributed by atoms with E-state index in [-0.39, 0.29) is 0 Å². The molecule has 0 radical (unpaired) electrons. The predicted octanol–water partition coefficient (Wildman–Crippen LogP) is 2.54. The molecule has 0 saturated heterocycles. The van der Waals surface area contributed by atoms with Gasteiger partial charge in [0.25, 0.3) is 0 Å². The van der Waals surface area contributed by atoms with E-state index in [0.717, 1.165) is 16.7 Å². The van der Waals surface area contributed by atoms with Gasteiger partial charge in [0.1, 0.15) is 6.26 Å². The first-order valence-electron chi connectivity index (χ1n) is 3.61. The quantitative estimate of drug-likeness (QED) is 0.628. The lowest BCUT2D eigenvalue weighted by molar-refractivity contribution is 0.425. The summed E-state index contributed by atoms with van der Waals surface area (Å²) in [5, 5.41) is 4.61. The molecule has 0 saturated carbocycles. The fraction of sp³-hybridized carbons (Fsp3) is 0.375. The Labute approximate surface area is 64.0 Å². The topological polar surface area (TPSA) is 39.2 Å². The Kier molecular flexibility index (Phi) is 1.24. The minimum absolute atomic E-state index is 0.348. The molecule has 0 amide bonds. The second-order valence-corrected chi connectivity index (χ2v) is 2.86. The Hall–Kier alpha value is -1.25. The van der Waals surface area contributed by atoms with Crippen LogP contribution in [0.4, 0.5) is 0 Å². The molecule has 0 aliphatic carbocycles. The fourth-order valence-corrected chi connectivity index (χ4v) is 1.10. The van der Waals surface area contributed by atoms with Gasteiger partial charge in [0.2, 0.25) is 5.58 Å². The van der Waals surface area contributed by atoms with Gasteiger partial charge in [0.15, 0.2) is 5.76 Å². The number of nitrogens with zero attached hydrogens (tertiary/aromatic N) is 1. The Morgan fingerprint density at radius 3 is 3.00 bits per heavy atom. The van der Waals surface area contributed by atoms with Gasteiger partial charge in [-0.05, 0) is 0 Å². The SMILES string of the molecule is CC(C)c1occ2cnoc12. The van der Waals surface area contributed by atoms with E-state index >= 15 is 0 Å². The average molecular weight is 151 g/mol. The van der Waals surface area contributed by atoms with E-state index in [2.05, 4.69) is 19.0 Å². The molecule has 0 aliphatic heterocycles. The molecule has 0 aromatic carbocycles. The molecular formula is C8H9NO2. The number of furan rings is 1. The van der Waals surface area contributed by atoms with Crippen molar-refractivity contribution in [3.8, 4) is 0 Å². The first-order chi connectivity index (χ1) is 5.29. The third kappa shape index (κ3) is 0.843. The molecule has 0 unspecified atom stereocenters. The second kappa shape index (κ2) is 2.12. The number of aromatic nitrogens is 1. The lowest BCUT2D eigenvalue weighted by atomic mass is 10.1. The molecule has 0 fully saturated rings. The zero-order chi connectivity index (χ0) is 7.84. The minimum atomic E-state index is 0.348. The van der Waals surface area contributed by atoms with Crippen molar-refractivity contribution in [2.24, 2.45) is 0 Å². The summed E-state index contributed by atoms with van der Waals surface area (Å²) in [6.07, 6.45) is 3.33. The smallest absolute Gasteiger partial charge is 0.208 e. The molecule has 58 valence electrons. The highest BCUT2D eigenvalue weighted by Gasteiger charge is 2.12. The molecule has 3 nitrogen and oxygen atoms in total. The fourth-order valence-electron chi connectivity index (χ4n) is 1.10. The van der Waals surface area contributed by atoms with Crippen LogP contribution >= 0.6 is 0 Å². The van der Waals surface area contributed by atoms with E-state index in [9.17, 15) is 0 Å². The largest absolute Gasteiger partial charge is 0.464 e. The van der Waals surface area contributed by atoms with Crippen molar-refractivity contribution in [1.29, 1.82) is 0 Å². The summed E-state index contributed by atoms with van der Waals surface area (Å²) in [6.45, 7) is 4.11. The summed E-state index contributed by atoms with van der Waals surface area (Å²) < 4.78 is 10.3. The van der Waals surface area contributed by atoms with Crippen molar-refractivity contribution in [2.45, 2.75) is 19.8 Å². The van der Waals surface area contributed by atoms with Crippen LogP contribution in [0.1, 0.15) is 25.5 Å². The van der Waals surface area contributed by atoms with Gasteiger partial charge in [-0.2, -0.15) is 0 Å². The number of hydrogen-bond donors (Lipinski definition) is 0. The van der Waals surface area contributed by atoms with E-state index in [1.807, 2.05) is 0 Å². The molecule has 0 atom stereocenters. The maximum absolute atomic E-state index is 5.28. The standard InChI is InChI=1S/C8H9NO2/c1-5(2)7-8-6(4-10-7)3-9-11-8/h3-5H,1-2H3. The molecule has 3 heteroatoms. The van der Waals surface area contributed by atoms with E-state index in [0.29, 0.717) is 5.92 Å². The Morgan fingerprint density at radius 2 is 2.27 bits per heavy atom. The minimum Gasteiger partial charge on any atom is -0.464 e. The van der Waals surface area contributed by atoms with Crippen LogP contribution in [0.5, 0.6) is 0 Å². The van der Waals surface area contributed by atoms with Crippen molar-refractivity contribution in [3.63, 3.8) is 0 Å². The third-order valence-electron chi connectivity index (χ3n) is 1.66. The van der Waals surface area contributed by atoms with Crippen LogP contribution in [0, 0.1) is 0 Å². The zero-order valence-corrected chi connectivity index (χ0v) is 6.50. The number of fused-ring (bicyclic) bond motifs is 1. The van der Waals surface area contributed by atoms with Crippen LogP contribution in [-0.4, -0.2) is 5.16 Å². The van der Waals surface area contributed by atoms with Gasteiger partial charge in [-0.1, -0.05) is 19.0 Å². The third-order valence-corrected chi connectivity index (χ3v) is 1.66. The molecule has 2 heterocycles. The number of hydrogen-bond acceptors (Lipinski definition) is 3. The summed E-state index contributed by atoms with van der Waals surface area (Å²) in [5.41, 5.74) is 0.778. The summed E-state index contributed by atoms with van der Waals surface area (Å²) >= 11 is 0. The summed E-state index contributed by atoms with van der Waals surface area (Å²) in [7, 11) is 0.